The van der Waals surface area contributed by atoms with Gasteiger partial charge in [-0.2, -0.15) is 0 Å². The van der Waals surface area contributed by atoms with E-state index in [-0.39, 0.29) is 23.6 Å². The maximum absolute atomic E-state index is 12.6. The average Bonchev–Trinajstić information content (AvgIpc) is 2.54. The van der Waals surface area contributed by atoms with Crippen LogP contribution in [0.2, 0.25) is 0 Å². The average molecular weight is 376 g/mol. The summed E-state index contributed by atoms with van der Waals surface area (Å²) >= 11 is 3.43. The van der Waals surface area contributed by atoms with Crippen LogP contribution in [0.3, 0.4) is 0 Å². The van der Waals surface area contributed by atoms with Gasteiger partial charge in [0.25, 0.3) is 0 Å². The molecule has 0 amide bonds. The number of ketones is 1. The topological polar surface area (TPSA) is 55.4 Å². The lowest BCUT2D eigenvalue weighted by Crippen LogP contribution is -2.40. The first-order valence-corrected chi connectivity index (χ1v) is 8.36. The molecular weight excluding hydrogens is 358 g/mol. The number of allylic oxidation sites excluding steroid dienone is 3. The Kier molecular flexibility index (Phi) is 4.39. The summed E-state index contributed by atoms with van der Waals surface area (Å²) in [6.07, 6.45) is 3.32. The van der Waals surface area contributed by atoms with Crippen LogP contribution in [0.25, 0.3) is 0 Å². The molecule has 1 aromatic rings. The number of halogens is 1. The number of fused-ring (bicyclic) bond motifs is 1. The number of methoxy groups -OCH3 is 1. The van der Waals surface area contributed by atoms with Crippen molar-refractivity contribution in [2.75, 3.05) is 7.11 Å². The Bertz CT molecular complexity index is 718. The van der Waals surface area contributed by atoms with Crippen LogP contribution < -0.4 is 5.32 Å². The van der Waals surface area contributed by atoms with Gasteiger partial charge in [-0.25, -0.2) is 4.79 Å². The molecule has 2 aliphatic rings. The molecule has 1 aliphatic carbocycles. The largest absolute Gasteiger partial charge is 0.466 e. The minimum Gasteiger partial charge on any atom is -0.466 e. The highest BCUT2D eigenvalue weighted by Gasteiger charge is 2.43. The summed E-state index contributed by atoms with van der Waals surface area (Å²) in [5.41, 5.74) is 3.13. The summed E-state index contributed by atoms with van der Waals surface area (Å²) < 4.78 is 5.93. The zero-order valence-corrected chi connectivity index (χ0v) is 14.6. The van der Waals surface area contributed by atoms with E-state index in [9.17, 15) is 9.59 Å². The van der Waals surface area contributed by atoms with Crippen molar-refractivity contribution in [3.8, 4) is 0 Å². The lowest BCUT2D eigenvalue weighted by molar-refractivity contribution is -0.136. The Morgan fingerprint density at radius 3 is 2.61 bits per heavy atom. The van der Waals surface area contributed by atoms with Crippen molar-refractivity contribution in [3.63, 3.8) is 0 Å². The van der Waals surface area contributed by atoms with E-state index < -0.39 is 0 Å². The number of carbonyl (C=O) groups excluding carboxylic acids is 2. The lowest BCUT2D eigenvalue weighted by Gasteiger charge is -2.37. The molecule has 5 heteroatoms. The number of hydrogen-bond acceptors (Lipinski definition) is 4. The zero-order chi connectivity index (χ0) is 16.6. The fraction of sp³-hybridized carbons (Fsp3) is 0.333. The summed E-state index contributed by atoms with van der Waals surface area (Å²) in [4.78, 5) is 24.9. The molecule has 2 unspecified atom stereocenters. The number of hydrogen-bond donors (Lipinski definition) is 1. The van der Waals surface area contributed by atoms with Gasteiger partial charge in [0.2, 0.25) is 0 Å². The van der Waals surface area contributed by atoms with Crippen molar-refractivity contribution in [1.29, 1.82) is 0 Å². The maximum atomic E-state index is 12.6. The third kappa shape index (κ3) is 2.85. The van der Waals surface area contributed by atoms with Crippen molar-refractivity contribution in [3.05, 3.63) is 57.3 Å². The third-order valence-electron chi connectivity index (χ3n) is 4.45. The second-order valence-corrected chi connectivity index (χ2v) is 6.74. The van der Waals surface area contributed by atoms with Crippen LogP contribution in [0, 0.1) is 5.92 Å². The molecule has 0 fully saturated rings. The molecule has 2 atom stereocenters. The van der Waals surface area contributed by atoms with E-state index in [1.54, 1.807) is 0 Å². The van der Waals surface area contributed by atoms with Crippen LogP contribution >= 0.6 is 15.9 Å². The molecule has 0 saturated carbocycles. The molecule has 3 rings (SSSR count). The van der Waals surface area contributed by atoms with Gasteiger partial charge in [-0.3, -0.25) is 4.79 Å². The summed E-state index contributed by atoms with van der Waals surface area (Å²) in [7, 11) is 1.37. The summed E-state index contributed by atoms with van der Waals surface area (Å²) in [5, 5.41) is 3.23. The number of Topliss-reactive ketones (excluding diaryl/α,β-unsaturated/α-hetero) is 1. The van der Waals surface area contributed by atoms with Crippen molar-refractivity contribution in [2.45, 2.75) is 25.7 Å². The van der Waals surface area contributed by atoms with E-state index in [0.717, 1.165) is 27.9 Å². The van der Waals surface area contributed by atoms with Crippen LogP contribution in [0.5, 0.6) is 0 Å². The Balaban J connectivity index is 2.18. The van der Waals surface area contributed by atoms with Gasteiger partial charge in [-0.05, 0) is 31.0 Å². The highest BCUT2D eigenvalue weighted by atomic mass is 79.9. The SMILES string of the molecule is COC(=O)C1=C(C)NC2=CCCC(=O)C2C1c1ccc(Br)cc1. The molecule has 120 valence electrons. The standard InChI is InChI=1S/C18H18BrNO3/c1-10-15(18(22)23-2)16(11-6-8-12(19)9-7-11)17-13(20-10)4-3-5-14(17)21/h4,6-9,16-17,20H,3,5H2,1-2H3. The lowest BCUT2D eigenvalue weighted by atomic mass is 9.71. The van der Waals surface area contributed by atoms with Crippen LogP contribution in [0.4, 0.5) is 0 Å². The predicted octanol–water partition coefficient (Wildman–Crippen LogP) is 3.45. The van der Waals surface area contributed by atoms with Crippen molar-refractivity contribution >= 4 is 27.7 Å². The Morgan fingerprint density at radius 1 is 1.26 bits per heavy atom. The van der Waals surface area contributed by atoms with Gasteiger partial charge in [0.05, 0.1) is 18.6 Å². The van der Waals surface area contributed by atoms with Gasteiger partial charge >= 0.3 is 5.97 Å². The van der Waals surface area contributed by atoms with Crippen molar-refractivity contribution < 1.29 is 14.3 Å². The summed E-state index contributed by atoms with van der Waals surface area (Å²) in [6.45, 7) is 1.86. The summed E-state index contributed by atoms with van der Waals surface area (Å²) in [5.74, 6) is -0.879. The highest BCUT2D eigenvalue weighted by Crippen LogP contribution is 2.43. The van der Waals surface area contributed by atoms with E-state index >= 15 is 0 Å². The number of nitrogens with one attached hydrogen (secondary N) is 1. The van der Waals surface area contributed by atoms with Gasteiger partial charge in [0.1, 0.15) is 5.78 Å². The molecular formula is C18H18BrNO3. The van der Waals surface area contributed by atoms with Gasteiger partial charge < -0.3 is 10.1 Å². The van der Waals surface area contributed by atoms with E-state index in [2.05, 4.69) is 27.3 Å². The molecule has 0 radical (unpaired) electrons. The molecule has 0 saturated heterocycles. The Hall–Kier alpha value is -1.88. The molecule has 0 spiro atoms. The predicted molar refractivity (Wildman–Crippen MR) is 90.5 cm³/mol. The second kappa shape index (κ2) is 6.32. The first-order valence-electron chi connectivity index (χ1n) is 7.57. The van der Waals surface area contributed by atoms with Gasteiger partial charge in [-0.1, -0.05) is 34.1 Å². The number of ether oxygens (including phenoxy) is 1. The van der Waals surface area contributed by atoms with E-state index in [0.29, 0.717) is 12.0 Å². The molecule has 1 aromatic carbocycles. The fourth-order valence-electron chi connectivity index (χ4n) is 3.42. The van der Waals surface area contributed by atoms with E-state index in [1.807, 2.05) is 31.2 Å². The third-order valence-corrected chi connectivity index (χ3v) is 4.98. The smallest absolute Gasteiger partial charge is 0.336 e. The first-order chi connectivity index (χ1) is 11.0. The van der Waals surface area contributed by atoms with E-state index in [4.69, 9.17) is 4.74 Å². The quantitative estimate of drug-likeness (QED) is 0.804. The van der Waals surface area contributed by atoms with Crippen LogP contribution in [0.15, 0.2) is 51.8 Å². The number of esters is 1. The first kappa shape index (κ1) is 16.0. The number of rotatable bonds is 2. The Labute approximate surface area is 143 Å². The molecule has 0 bridgehead atoms. The molecule has 4 nitrogen and oxygen atoms in total. The monoisotopic (exact) mass is 375 g/mol. The van der Waals surface area contributed by atoms with Gasteiger partial charge in [0.15, 0.2) is 0 Å². The van der Waals surface area contributed by atoms with Crippen LogP contribution in [-0.4, -0.2) is 18.9 Å². The van der Waals surface area contributed by atoms with Crippen molar-refractivity contribution in [2.24, 2.45) is 5.92 Å². The van der Waals surface area contributed by atoms with Crippen LogP contribution in [0.1, 0.15) is 31.2 Å². The summed E-state index contributed by atoms with van der Waals surface area (Å²) in [6, 6.07) is 7.77. The normalized spacial score (nSPS) is 23.8. The highest BCUT2D eigenvalue weighted by molar-refractivity contribution is 9.10. The fourth-order valence-corrected chi connectivity index (χ4v) is 3.69. The minimum atomic E-state index is -0.389. The molecule has 1 N–H and O–H groups in total. The second-order valence-electron chi connectivity index (χ2n) is 5.83. The van der Waals surface area contributed by atoms with E-state index in [1.165, 1.54) is 7.11 Å². The van der Waals surface area contributed by atoms with Crippen molar-refractivity contribution in [1.82, 2.24) is 5.32 Å². The van der Waals surface area contributed by atoms with Crippen LogP contribution in [-0.2, 0) is 14.3 Å². The Morgan fingerprint density at radius 2 is 1.96 bits per heavy atom. The number of carbonyl (C=O) groups is 2. The molecule has 0 aromatic heterocycles. The maximum Gasteiger partial charge on any atom is 0.336 e. The molecule has 23 heavy (non-hydrogen) atoms. The zero-order valence-electron chi connectivity index (χ0n) is 13.1. The minimum absolute atomic E-state index is 0.164. The van der Waals surface area contributed by atoms with Gasteiger partial charge in [0, 0.05) is 28.2 Å². The number of benzene rings is 1. The van der Waals surface area contributed by atoms with Gasteiger partial charge in [-0.15, -0.1) is 0 Å². The molecule has 1 aliphatic heterocycles. The molecule has 1 heterocycles.